The van der Waals surface area contributed by atoms with Crippen molar-refractivity contribution in [2.75, 3.05) is 33.2 Å². The summed E-state index contributed by atoms with van der Waals surface area (Å²) in [6.07, 6.45) is 8.33. The van der Waals surface area contributed by atoms with Crippen LogP contribution in [0, 0.1) is 5.92 Å². The minimum atomic E-state index is -0.450. The van der Waals surface area contributed by atoms with E-state index < -0.39 is 6.04 Å². The van der Waals surface area contributed by atoms with Gasteiger partial charge in [-0.25, -0.2) is 0 Å². The van der Waals surface area contributed by atoms with E-state index in [1.165, 1.54) is 0 Å². The predicted octanol–water partition coefficient (Wildman–Crippen LogP) is 2.67. The number of carbonyl (C=O) groups excluding carboxylic acids is 3. The van der Waals surface area contributed by atoms with E-state index in [1.54, 1.807) is 6.07 Å². The first-order valence-corrected chi connectivity index (χ1v) is 13.2. The molecule has 8 nitrogen and oxygen atoms in total. The van der Waals surface area contributed by atoms with E-state index in [4.69, 9.17) is 4.42 Å². The van der Waals surface area contributed by atoms with Gasteiger partial charge >= 0.3 is 0 Å². The molecule has 8 heteroatoms. The molecule has 4 aliphatic rings. The molecule has 3 unspecified atom stereocenters. The van der Waals surface area contributed by atoms with Crippen LogP contribution in [-0.4, -0.2) is 83.8 Å². The highest BCUT2D eigenvalue weighted by Crippen LogP contribution is 2.41. The Morgan fingerprint density at radius 2 is 1.91 bits per heavy atom. The van der Waals surface area contributed by atoms with Crippen LogP contribution in [-0.2, 0) is 11.2 Å². The Hall–Kier alpha value is -2.35. The molecule has 186 valence electrons. The highest BCUT2D eigenvalue weighted by atomic mass is 16.4. The number of likely N-dealkylation sites (N-methyl/N-ethyl adjacent to an activating group) is 1. The Morgan fingerprint density at radius 1 is 1.15 bits per heavy atom. The highest BCUT2D eigenvalue weighted by Gasteiger charge is 2.49. The Bertz CT molecular complexity index is 935. The second-order valence-corrected chi connectivity index (χ2v) is 10.5. The van der Waals surface area contributed by atoms with Gasteiger partial charge in [0.2, 0.25) is 5.91 Å². The molecule has 5 rings (SSSR count). The summed E-state index contributed by atoms with van der Waals surface area (Å²) in [7, 11) is 1.92. The van der Waals surface area contributed by atoms with E-state index in [1.807, 2.05) is 16.8 Å². The van der Waals surface area contributed by atoms with Crippen molar-refractivity contribution in [1.82, 2.24) is 20.0 Å². The Balaban J connectivity index is 1.38. The van der Waals surface area contributed by atoms with Crippen LogP contribution in [0.25, 0.3) is 0 Å². The van der Waals surface area contributed by atoms with Gasteiger partial charge in [0.05, 0.1) is 5.56 Å². The summed E-state index contributed by atoms with van der Waals surface area (Å²) in [5.74, 6) is 0.785. The molecular formula is C26H38N4O4. The number of hydrogen-bond donors (Lipinski definition) is 1. The van der Waals surface area contributed by atoms with Crippen LogP contribution in [0.5, 0.6) is 0 Å². The largest absolute Gasteiger partial charge is 0.455 e. The number of rotatable bonds is 4. The zero-order valence-electron chi connectivity index (χ0n) is 20.6. The van der Waals surface area contributed by atoms with Crippen LogP contribution >= 0.6 is 0 Å². The molecule has 2 saturated heterocycles. The number of fused-ring (bicyclic) bond motifs is 2. The Morgan fingerprint density at radius 3 is 2.68 bits per heavy atom. The number of furan rings is 1. The zero-order valence-corrected chi connectivity index (χ0v) is 20.6. The zero-order chi connectivity index (χ0) is 23.8. The highest BCUT2D eigenvalue weighted by molar-refractivity contribution is 6.01. The monoisotopic (exact) mass is 470 g/mol. The van der Waals surface area contributed by atoms with Crippen LogP contribution < -0.4 is 5.32 Å². The number of likely N-dealkylation sites (tertiary alicyclic amines) is 2. The van der Waals surface area contributed by atoms with Gasteiger partial charge in [-0.2, -0.15) is 0 Å². The summed E-state index contributed by atoms with van der Waals surface area (Å²) in [6.45, 7) is 5.86. The first kappa shape index (κ1) is 23.4. The molecule has 1 aromatic heterocycles. The van der Waals surface area contributed by atoms with E-state index in [2.05, 4.69) is 17.1 Å². The van der Waals surface area contributed by atoms with Gasteiger partial charge in [0, 0.05) is 51.3 Å². The quantitative estimate of drug-likeness (QED) is 0.731. The van der Waals surface area contributed by atoms with Crippen molar-refractivity contribution in [3.05, 3.63) is 23.2 Å². The second-order valence-electron chi connectivity index (χ2n) is 10.5. The minimum Gasteiger partial charge on any atom is -0.455 e. The standard InChI is InChI=1S/C26H38N4O4/c1-3-29-13-10-18(11-14-29)28(2)25(32)21-15-17-7-4-5-8-20(17)30(21)26(33)23-16-19-22(34-23)9-6-12-27-24(19)31/h16-18,20-21H,3-15H2,1-2H3,(H,27,31). The van der Waals surface area contributed by atoms with Gasteiger partial charge in [-0.3, -0.25) is 14.4 Å². The van der Waals surface area contributed by atoms with Crippen LogP contribution in [0.4, 0.5) is 0 Å². The van der Waals surface area contributed by atoms with E-state index in [0.717, 1.165) is 71.0 Å². The Kier molecular flexibility index (Phi) is 6.69. The second kappa shape index (κ2) is 9.72. The van der Waals surface area contributed by atoms with Gasteiger partial charge in [0.15, 0.2) is 5.76 Å². The summed E-state index contributed by atoms with van der Waals surface area (Å²) >= 11 is 0. The normalized spacial score (nSPS) is 28.1. The van der Waals surface area contributed by atoms with E-state index in [0.29, 0.717) is 30.2 Å². The molecule has 0 radical (unpaired) electrons. The number of piperidine rings is 1. The fourth-order valence-corrected chi connectivity index (χ4v) is 6.60. The average molecular weight is 471 g/mol. The first-order chi connectivity index (χ1) is 16.5. The van der Waals surface area contributed by atoms with Crippen molar-refractivity contribution in [3.63, 3.8) is 0 Å². The predicted molar refractivity (Wildman–Crippen MR) is 128 cm³/mol. The van der Waals surface area contributed by atoms with Crippen LogP contribution in [0.3, 0.4) is 0 Å². The van der Waals surface area contributed by atoms with Crippen molar-refractivity contribution >= 4 is 17.7 Å². The Labute approximate surface area is 202 Å². The SMILES string of the molecule is CCN1CCC(N(C)C(=O)C2CC3CCCCC3N2C(=O)c2cc3c(o2)CCCNC3=O)CC1. The lowest BCUT2D eigenvalue weighted by Gasteiger charge is -2.39. The van der Waals surface area contributed by atoms with Crippen molar-refractivity contribution in [2.45, 2.75) is 82.8 Å². The van der Waals surface area contributed by atoms with Crippen LogP contribution in [0.2, 0.25) is 0 Å². The lowest BCUT2D eigenvalue weighted by atomic mass is 9.84. The third-order valence-corrected chi connectivity index (χ3v) is 8.64. The molecule has 0 spiro atoms. The first-order valence-electron chi connectivity index (χ1n) is 13.2. The fourth-order valence-electron chi connectivity index (χ4n) is 6.60. The van der Waals surface area contributed by atoms with Crippen molar-refractivity contribution in [2.24, 2.45) is 5.92 Å². The van der Waals surface area contributed by atoms with Gasteiger partial charge in [-0.05, 0) is 51.0 Å². The molecule has 1 aliphatic carbocycles. The maximum atomic E-state index is 13.8. The minimum absolute atomic E-state index is 0.0589. The van der Waals surface area contributed by atoms with Gasteiger partial charge in [-0.15, -0.1) is 0 Å². The molecule has 4 heterocycles. The summed E-state index contributed by atoms with van der Waals surface area (Å²) in [4.78, 5) is 46.2. The number of aryl methyl sites for hydroxylation is 1. The number of hydrogen-bond acceptors (Lipinski definition) is 5. The van der Waals surface area contributed by atoms with Gasteiger partial charge in [0.25, 0.3) is 11.8 Å². The third-order valence-electron chi connectivity index (χ3n) is 8.64. The molecule has 1 N–H and O–H groups in total. The fraction of sp³-hybridized carbons (Fsp3) is 0.731. The topological polar surface area (TPSA) is 86.1 Å². The molecule has 0 aromatic carbocycles. The number of carbonyl (C=O) groups is 3. The number of nitrogens with one attached hydrogen (secondary N) is 1. The molecule has 1 aromatic rings. The molecule has 3 atom stereocenters. The average Bonchev–Trinajstić information content (AvgIpc) is 3.43. The molecule has 34 heavy (non-hydrogen) atoms. The van der Waals surface area contributed by atoms with Crippen molar-refractivity contribution in [3.8, 4) is 0 Å². The summed E-state index contributed by atoms with van der Waals surface area (Å²) in [5.41, 5.74) is 0.461. The van der Waals surface area contributed by atoms with Gasteiger partial charge in [-0.1, -0.05) is 19.8 Å². The third kappa shape index (κ3) is 4.25. The molecule has 3 amide bonds. The summed E-state index contributed by atoms with van der Waals surface area (Å²) in [5, 5.41) is 2.87. The smallest absolute Gasteiger partial charge is 0.290 e. The van der Waals surface area contributed by atoms with E-state index >= 15 is 0 Å². The molecular weight excluding hydrogens is 432 g/mol. The number of amides is 3. The van der Waals surface area contributed by atoms with Crippen LogP contribution in [0.15, 0.2) is 10.5 Å². The molecule has 3 fully saturated rings. The van der Waals surface area contributed by atoms with Crippen LogP contribution in [0.1, 0.15) is 85.0 Å². The lowest BCUT2D eigenvalue weighted by molar-refractivity contribution is -0.137. The lowest BCUT2D eigenvalue weighted by Crippen LogP contribution is -2.53. The molecule has 3 aliphatic heterocycles. The van der Waals surface area contributed by atoms with E-state index in [-0.39, 0.29) is 35.6 Å². The summed E-state index contributed by atoms with van der Waals surface area (Å²) in [6, 6.07) is 1.44. The van der Waals surface area contributed by atoms with Crippen molar-refractivity contribution < 1.29 is 18.8 Å². The molecule has 1 saturated carbocycles. The van der Waals surface area contributed by atoms with E-state index in [9.17, 15) is 14.4 Å². The van der Waals surface area contributed by atoms with Gasteiger partial charge in [0.1, 0.15) is 11.8 Å². The maximum Gasteiger partial charge on any atom is 0.290 e. The van der Waals surface area contributed by atoms with Gasteiger partial charge < -0.3 is 24.4 Å². The summed E-state index contributed by atoms with van der Waals surface area (Å²) < 4.78 is 5.96. The number of nitrogens with zero attached hydrogens (tertiary/aromatic N) is 3. The maximum absolute atomic E-state index is 13.8. The molecule has 0 bridgehead atoms. The van der Waals surface area contributed by atoms with Crippen molar-refractivity contribution in [1.29, 1.82) is 0 Å².